The Balaban J connectivity index is 1.33. The van der Waals surface area contributed by atoms with E-state index in [4.69, 9.17) is 4.52 Å². The summed E-state index contributed by atoms with van der Waals surface area (Å²) in [5.41, 5.74) is 2.86. The van der Waals surface area contributed by atoms with Gasteiger partial charge in [-0.25, -0.2) is 0 Å². The van der Waals surface area contributed by atoms with Crippen LogP contribution in [0.3, 0.4) is 0 Å². The first-order valence-corrected chi connectivity index (χ1v) is 9.20. The number of carbonyl (C=O) groups is 1. The summed E-state index contributed by atoms with van der Waals surface area (Å²) in [4.78, 5) is 18.9. The number of hydrogen-bond donors (Lipinski definition) is 1. The molecule has 27 heavy (non-hydrogen) atoms. The Morgan fingerprint density at radius 1 is 1.07 bits per heavy atom. The van der Waals surface area contributed by atoms with Crippen molar-refractivity contribution < 1.29 is 9.32 Å². The maximum atomic E-state index is 12.5. The van der Waals surface area contributed by atoms with Gasteiger partial charge < -0.3 is 14.7 Å². The van der Waals surface area contributed by atoms with Crippen LogP contribution < -0.4 is 5.32 Å². The number of amides is 1. The average Bonchev–Trinajstić information content (AvgIpc) is 3.18. The topological polar surface area (TPSA) is 71.3 Å². The van der Waals surface area contributed by atoms with Crippen LogP contribution in [0.5, 0.6) is 0 Å². The molecule has 1 fully saturated rings. The molecule has 0 unspecified atom stereocenters. The molecular weight excluding hydrogens is 340 g/mol. The second-order valence-electron chi connectivity index (χ2n) is 6.87. The molecule has 2 aromatic carbocycles. The lowest BCUT2D eigenvalue weighted by Gasteiger charge is -2.32. The highest BCUT2D eigenvalue weighted by Crippen LogP contribution is 2.21. The van der Waals surface area contributed by atoms with E-state index in [-0.39, 0.29) is 11.9 Å². The Morgan fingerprint density at radius 2 is 1.78 bits per heavy atom. The molecule has 4 rings (SSSR count). The highest BCUT2D eigenvalue weighted by atomic mass is 16.5. The maximum Gasteiger partial charge on any atom is 0.322 e. The molecule has 1 aliphatic heterocycles. The van der Waals surface area contributed by atoms with Gasteiger partial charge in [0.15, 0.2) is 0 Å². The summed E-state index contributed by atoms with van der Waals surface area (Å²) in [7, 11) is 0. The lowest BCUT2D eigenvalue weighted by Crippen LogP contribution is -2.42. The molecule has 3 aromatic rings. The molecule has 1 aliphatic rings. The maximum absolute atomic E-state index is 12.5. The van der Waals surface area contributed by atoms with Gasteiger partial charge in [-0.2, -0.15) is 4.98 Å². The van der Waals surface area contributed by atoms with E-state index in [9.17, 15) is 4.79 Å². The van der Waals surface area contributed by atoms with Gasteiger partial charge >= 0.3 is 6.01 Å². The summed E-state index contributed by atoms with van der Waals surface area (Å²) in [6.07, 6.45) is 1.70. The van der Waals surface area contributed by atoms with Gasteiger partial charge in [0, 0.05) is 30.3 Å². The predicted molar refractivity (Wildman–Crippen MR) is 103 cm³/mol. The smallest absolute Gasteiger partial charge is 0.322 e. The number of piperidine rings is 1. The highest BCUT2D eigenvalue weighted by Gasteiger charge is 2.24. The summed E-state index contributed by atoms with van der Waals surface area (Å²) < 4.78 is 5.34. The van der Waals surface area contributed by atoms with Crippen molar-refractivity contribution in [1.29, 1.82) is 0 Å². The quantitative estimate of drug-likeness (QED) is 0.765. The van der Waals surface area contributed by atoms with Crippen molar-refractivity contribution in [3.8, 4) is 11.4 Å². The first-order chi connectivity index (χ1) is 13.2. The van der Waals surface area contributed by atoms with E-state index < -0.39 is 0 Å². The number of aromatic nitrogens is 2. The van der Waals surface area contributed by atoms with Crippen molar-refractivity contribution in [3.63, 3.8) is 0 Å². The lowest BCUT2D eigenvalue weighted by molar-refractivity contribution is 0.0718. The van der Waals surface area contributed by atoms with E-state index in [2.05, 4.69) is 15.5 Å². The zero-order valence-corrected chi connectivity index (χ0v) is 15.3. The Morgan fingerprint density at radius 3 is 2.48 bits per heavy atom. The third kappa shape index (κ3) is 4.00. The monoisotopic (exact) mass is 362 g/mol. The summed E-state index contributed by atoms with van der Waals surface area (Å²) in [6, 6.07) is 18.1. The zero-order valence-electron chi connectivity index (χ0n) is 15.3. The number of rotatable bonds is 4. The van der Waals surface area contributed by atoms with Gasteiger partial charge in [-0.05, 0) is 31.9 Å². The molecule has 6 heteroatoms. The van der Waals surface area contributed by atoms with Crippen LogP contribution in [0.25, 0.3) is 11.4 Å². The normalized spacial score (nSPS) is 14.9. The Bertz CT molecular complexity index is 897. The summed E-state index contributed by atoms with van der Waals surface area (Å²) in [6.45, 7) is 3.47. The van der Waals surface area contributed by atoms with Crippen LogP contribution in [0.4, 0.5) is 6.01 Å². The van der Waals surface area contributed by atoms with E-state index in [1.54, 1.807) is 0 Å². The molecule has 138 valence electrons. The van der Waals surface area contributed by atoms with Gasteiger partial charge in [0.1, 0.15) is 0 Å². The van der Waals surface area contributed by atoms with Crippen molar-refractivity contribution in [1.82, 2.24) is 15.0 Å². The van der Waals surface area contributed by atoms with Gasteiger partial charge in [0.05, 0.1) is 0 Å². The first kappa shape index (κ1) is 17.3. The van der Waals surface area contributed by atoms with Gasteiger partial charge in [-0.1, -0.05) is 53.2 Å². The SMILES string of the molecule is Cc1ccc(-c2noc(NC3CCN(C(=O)c4ccccc4)CC3)n2)cc1. The Kier molecular flexibility index (Phi) is 4.87. The molecule has 1 saturated heterocycles. The van der Waals surface area contributed by atoms with Gasteiger partial charge in [0.25, 0.3) is 5.91 Å². The second-order valence-corrected chi connectivity index (χ2v) is 6.87. The number of aryl methyl sites for hydroxylation is 1. The van der Waals surface area contributed by atoms with Gasteiger partial charge in [-0.3, -0.25) is 4.79 Å². The number of carbonyl (C=O) groups excluding carboxylic acids is 1. The average molecular weight is 362 g/mol. The van der Waals surface area contributed by atoms with E-state index in [0.717, 1.165) is 24.0 Å². The molecule has 0 aliphatic carbocycles. The molecule has 2 heterocycles. The van der Waals surface area contributed by atoms with Crippen LogP contribution >= 0.6 is 0 Å². The van der Waals surface area contributed by atoms with Crippen molar-refractivity contribution >= 4 is 11.9 Å². The number of nitrogens with zero attached hydrogens (tertiary/aromatic N) is 3. The molecular formula is C21H22N4O2. The van der Waals surface area contributed by atoms with E-state index in [1.807, 2.05) is 66.4 Å². The minimum absolute atomic E-state index is 0.0912. The molecule has 1 N–H and O–H groups in total. The largest absolute Gasteiger partial charge is 0.338 e. The number of benzene rings is 2. The van der Waals surface area contributed by atoms with Crippen LogP contribution in [0, 0.1) is 6.92 Å². The molecule has 0 spiro atoms. The summed E-state index contributed by atoms with van der Waals surface area (Å²) in [5, 5.41) is 7.35. The molecule has 0 atom stereocenters. The summed E-state index contributed by atoms with van der Waals surface area (Å²) in [5.74, 6) is 0.669. The number of likely N-dealkylation sites (tertiary alicyclic amines) is 1. The Labute approximate surface area is 158 Å². The lowest BCUT2D eigenvalue weighted by atomic mass is 10.0. The summed E-state index contributed by atoms with van der Waals surface area (Å²) >= 11 is 0. The second kappa shape index (κ2) is 7.61. The predicted octanol–water partition coefficient (Wildman–Crippen LogP) is 3.76. The fourth-order valence-corrected chi connectivity index (χ4v) is 3.27. The van der Waals surface area contributed by atoms with Crippen molar-refractivity contribution in [2.24, 2.45) is 0 Å². The minimum atomic E-state index is 0.0912. The van der Waals surface area contributed by atoms with Crippen LogP contribution in [0.2, 0.25) is 0 Å². The standard InChI is InChI=1S/C21H22N4O2/c1-15-7-9-16(10-8-15)19-23-21(27-24-19)22-18-11-13-25(14-12-18)20(26)17-5-3-2-4-6-17/h2-10,18H,11-14H2,1H3,(H,22,23,24). The van der Waals surface area contributed by atoms with Crippen molar-refractivity contribution in [2.45, 2.75) is 25.8 Å². The van der Waals surface area contributed by atoms with Crippen LogP contribution in [0.1, 0.15) is 28.8 Å². The first-order valence-electron chi connectivity index (χ1n) is 9.20. The molecule has 0 radical (unpaired) electrons. The number of anilines is 1. The van der Waals surface area contributed by atoms with E-state index in [1.165, 1.54) is 5.56 Å². The number of hydrogen-bond acceptors (Lipinski definition) is 5. The molecule has 1 aromatic heterocycles. The third-order valence-corrected chi connectivity index (χ3v) is 4.87. The number of nitrogens with one attached hydrogen (secondary N) is 1. The van der Waals surface area contributed by atoms with Crippen LogP contribution in [0.15, 0.2) is 59.1 Å². The van der Waals surface area contributed by atoms with E-state index >= 15 is 0 Å². The minimum Gasteiger partial charge on any atom is -0.338 e. The van der Waals surface area contributed by atoms with Crippen LogP contribution in [-0.2, 0) is 0 Å². The van der Waals surface area contributed by atoms with Crippen LogP contribution in [-0.4, -0.2) is 40.1 Å². The van der Waals surface area contributed by atoms with Crippen molar-refractivity contribution in [3.05, 3.63) is 65.7 Å². The molecule has 0 bridgehead atoms. The molecule has 0 saturated carbocycles. The fourth-order valence-electron chi connectivity index (χ4n) is 3.27. The third-order valence-electron chi connectivity index (χ3n) is 4.87. The zero-order chi connectivity index (χ0) is 18.6. The molecule has 1 amide bonds. The van der Waals surface area contributed by atoms with E-state index in [0.29, 0.717) is 24.9 Å². The van der Waals surface area contributed by atoms with Gasteiger partial charge in [0.2, 0.25) is 5.82 Å². The Hall–Kier alpha value is -3.15. The fraction of sp³-hybridized carbons (Fsp3) is 0.286. The molecule has 6 nitrogen and oxygen atoms in total. The van der Waals surface area contributed by atoms with Gasteiger partial charge in [-0.15, -0.1) is 0 Å². The highest BCUT2D eigenvalue weighted by molar-refractivity contribution is 5.94. The van der Waals surface area contributed by atoms with Crippen molar-refractivity contribution in [2.75, 3.05) is 18.4 Å².